The summed E-state index contributed by atoms with van der Waals surface area (Å²) in [7, 11) is 0. The molecule has 0 aromatic heterocycles. The lowest BCUT2D eigenvalue weighted by Crippen LogP contribution is -2.61. The first-order valence-electron chi connectivity index (χ1n) is 6.33. The van der Waals surface area contributed by atoms with Crippen molar-refractivity contribution in [3.8, 4) is 11.8 Å². The topological polar surface area (TPSA) is 47.3 Å². The summed E-state index contributed by atoms with van der Waals surface area (Å²) in [5.41, 5.74) is 5.49. The van der Waals surface area contributed by atoms with Crippen LogP contribution in [0.4, 0.5) is 0 Å². The van der Waals surface area contributed by atoms with Crippen molar-refractivity contribution in [2.75, 3.05) is 13.1 Å². The van der Waals surface area contributed by atoms with Crippen molar-refractivity contribution >= 4 is 0 Å². The maximum atomic E-state index is 6.12. The molecule has 3 heteroatoms. The third-order valence-electron chi connectivity index (χ3n) is 3.65. The molecule has 1 fully saturated rings. The maximum absolute atomic E-state index is 6.12. The molecule has 1 atom stereocenters. The van der Waals surface area contributed by atoms with Gasteiger partial charge in [0.1, 0.15) is 0 Å². The lowest BCUT2D eigenvalue weighted by molar-refractivity contribution is -0.0819. The Kier molecular flexibility index (Phi) is 4.24. The summed E-state index contributed by atoms with van der Waals surface area (Å²) in [4.78, 5) is 0. The molecule has 0 aromatic rings. The Balaban J connectivity index is 2.76. The summed E-state index contributed by atoms with van der Waals surface area (Å²) < 4.78 is 6.12. The highest BCUT2D eigenvalue weighted by Crippen LogP contribution is 2.44. The number of ether oxygens (including phenoxy) is 1. The van der Waals surface area contributed by atoms with Crippen LogP contribution >= 0.6 is 0 Å². The molecule has 0 amide bonds. The summed E-state index contributed by atoms with van der Waals surface area (Å²) in [6.45, 7) is 11.8. The normalized spacial score (nSPS) is 29.8. The number of hydrogen-bond donors (Lipinski definition) is 2. The van der Waals surface area contributed by atoms with Crippen LogP contribution < -0.4 is 11.1 Å². The fourth-order valence-corrected chi connectivity index (χ4v) is 2.92. The number of rotatable bonds is 4. The maximum Gasteiger partial charge on any atom is 0.0827 e. The molecule has 17 heavy (non-hydrogen) atoms. The predicted molar refractivity (Wildman–Crippen MR) is 71.7 cm³/mol. The summed E-state index contributed by atoms with van der Waals surface area (Å²) in [5.74, 6) is 5.98. The van der Waals surface area contributed by atoms with Gasteiger partial charge in [0.05, 0.1) is 16.7 Å². The summed E-state index contributed by atoms with van der Waals surface area (Å²) in [6.07, 6.45) is 1.79. The Morgan fingerprint density at radius 1 is 1.29 bits per heavy atom. The number of nitrogens with two attached hydrogens (primary N) is 1. The minimum absolute atomic E-state index is 0.119. The van der Waals surface area contributed by atoms with Gasteiger partial charge in [-0.15, -0.1) is 11.8 Å². The molecule has 1 heterocycles. The van der Waals surface area contributed by atoms with E-state index in [-0.39, 0.29) is 16.7 Å². The molecule has 1 unspecified atom stereocenters. The van der Waals surface area contributed by atoms with Crippen molar-refractivity contribution in [1.29, 1.82) is 0 Å². The highest BCUT2D eigenvalue weighted by Gasteiger charge is 2.55. The Morgan fingerprint density at radius 2 is 1.94 bits per heavy atom. The second kappa shape index (κ2) is 4.97. The minimum Gasteiger partial charge on any atom is -0.368 e. The van der Waals surface area contributed by atoms with E-state index in [4.69, 9.17) is 10.5 Å². The van der Waals surface area contributed by atoms with Crippen molar-refractivity contribution in [2.45, 2.75) is 64.2 Å². The van der Waals surface area contributed by atoms with Gasteiger partial charge in [-0.25, -0.2) is 0 Å². The minimum atomic E-state index is -0.245. The van der Waals surface area contributed by atoms with E-state index in [9.17, 15) is 0 Å². The van der Waals surface area contributed by atoms with Crippen molar-refractivity contribution in [3.63, 3.8) is 0 Å². The van der Waals surface area contributed by atoms with Gasteiger partial charge in [0.2, 0.25) is 0 Å². The zero-order chi connectivity index (χ0) is 13.2. The van der Waals surface area contributed by atoms with E-state index in [2.05, 4.69) is 44.9 Å². The van der Waals surface area contributed by atoms with Crippen LogP contribution in [0.15, 0.2) is 0 Å². The van der Waals surface area contributed by atoms with Gasteiger partial charge in [-0.1, -0.05) is 0 Å². The van der Waals surface area contributed by atoms with Gasteiger partial charge in [-0.05, 0) is 41.0 Å². The first kappa shape index (κ1) is 14.5. The second-order valence-electron chi connectivity index (χ2n) is 5.94. The first-order valence-corrected chi connectivity index (χ1v) is 6.33. The smallest absolute Gasteiger partial charge is 0.0827 e. The van der Waals surface area contributed by atoms with Crippen molar-refractivity contribution < 1.29 is 4.74 Å². The van der Waals surface area contributed by atoms with Gasteiger partial charge in [-0.2, -0.15) is 0 Å². The van der Waals surface area contributed by atoms with E-state index in [0.29, 0.717) is 6.54 Å². The standard InChI is InChI=1S/C14H26N2O/c1-6-7-8-9-16-14(11-15)10-12(2,3)17-13(14,4)5/h16H,8-11,15H2,1-5H3. The SMILES string of the molecule is CC#CCCNC1(CN)CC(C)(C)OC1(C)C. The van der Waals surface area contributed by atoms with E-state index in [1.54, 1.807) is 0 Å². The Hall–Kier alpha value is -0.560. The average molecular weight is 238 g/mol. The molecule has 1 aliphatic rings. The zero-order valence-electron chi connectivity index (χ0n) is 11.8. The largest absolute Gasteiger partial charge is 0.368 e. The molecule has 1 saturated heterocycles. The van der Waals surface area contributed by atoms with Gasteiger partial charge >= 0.3 is 0 Å². The van der Waals surface area contributed by atoms with Crippen LogP contribution in [0, 0.1) is 11.8 Å². The van der Waals surface area contributed by atoms with E-state index in [0.717, 1.165) is 19.4 Å². The Morgan fingerprint density at radius 3 is 2.35 bits per heavy atom. The molecule has 0 bridgehead atoms. The van der Waals surface area contributed by atoms with Crippen LogP contribution in [0.3, 0.4) is 0 Å². The molecule has 0 radical (unpaired) electrons. The van der Waals surface area contributed by atoms with Gasteiger partial charge < -0.3 is 15.8 Å². The first-order chi connectivity index (χ1) is 7.79. The predicted octanol–water partition coefficient (Wildman–Crippen LogP) is 1.66. The van der Waals surface area contributed by atoms with Crippen LogP contribution in [-0.2, 0) is 4.74 Å². The summed E-state index contributed by atoms with van der Waals surface area (Å²) >= 11 is 0. The van der Waals surface area contributed by atoms with E-state index in [1.807, 2.05) is 6.92 Å². The third kappa shape index (κ3) is 3.01. The average Bonchev–Trinajstić information content (AvgIpc) is 2.39. The molecule has 0 saturated carbocycles. The third-order valence-corrected chi connectivity index (χ3v) is 3.65. The van der Waals surface area contributed by atoms with Gasteiger partial charge in [0.15, 0.2) is 0 Å². The number of nitrogens with one attached hydrogen (secondary N) is 1. The summed E-state index contributed by atoms with van der Waals surface area (Å²) in [5, 5.41) is 3.57. The van der Waals surface area contributed by atoms with Gasteiger partial charge in [-0.3, -0.25) is 0 Å². The highest BCUT2D eigenvalue weighted by molar-refractivity contribution is 5.12. The molecule has 0 spiro atoms. The molecular weight excluding hydrogens is 212 g/mol. The van der Waals surface area contributed by atoms with E-state index < -0.39 is 0 Å². The van der Waals surface area contributed by atoms with Crippen molar-refractivity contribution in [2.24, 2.45) is 5.73 Å². The fourth-order valence-electron chi connectivity index (χ4n) is 2.92. The zero-order valence-corrected chi connectivity index (χ0v) is 11.8. The van der Waals surface area contributed by atoms with Gasteiger partial charge in [0, 0.05) is 19.5 Å². The Labute approximate surface area is 105 Å². The van der Waals surface area contributed by atoms with Crippen molar-refractivity contribution in [3.05, 3.63) is 0 Å². The fraction of sp³-hybridized carbons (Fsp3) is 0.857. The lowest BCUT2D eigenvalue weighted by atomic mass is 9.79. The molecule has 0 aliphatic carbocycles. The van der Waals surface area contributed by atoms with Crippen LogP contribution in [0.1, 0.15) is 47.5 Å². The molecule has 0 aromatic carbocycles. The monoisotopic (exact) mass is 238 g/mol. The number of hydrogen-bond acceptors (Lipinski definition) is 3. The van der Waals surface area contributed by atoms with Crippen LogP contribution in [0.5, 0.6) is 0 Å². The van der Waals surface area contributed by atoms with Gasteiger partial charge in [0.25, 0.3) is 0 Å². The Bertz CT molecular complexity index is 325. The molecule has 1 aliphatic heterocycles. The summed E-state index contributed by atoms with van der Waals surface area (Å²) in [6, 6.07) is 0. The molecule has 3 nitrogen and oxygen atoms in total. The van der Waals surface area contributed by atoms with Crippen LogP contribution in [-0.4, -0.2) is 29.8 Å². The molecule has 98 valence electrons. The lowest BCUT2D eigenvalue weighted by Gasteiger charge is -2.39. The quantitative estimate of drug-likeness (QED) is 0.578. The second-order valence-corrected chi connectivity index (χ2v) is 5.94. The highest BCUT2D eigenvalue weighted by atomic mass is 16.5. The molecular formula is C14H26N2O. The van der Waals surface area contributed by atoms with Crippen LogP contribution in [0.25, 0.3) is 0 Å². The molecule has 1 rings (SSSR count). The molecule has 3 N–H and O–H groups in total. The van der Waals surface area contributed by atoms with Crippen LogP contribution in [0.2, 0.25) is 0 Å². The van der Waals surface area contributed by atoms with E-state index >= 15 is 0 Å². The van der Waals surface area contributed by atoms with E-state index in [1.165, 1.54) is 0 Å². The van der Waals surface area contributed by atoms with Crippen molar-refractivity contribution in [1.82, 2.24) is 5.32 Å².